The maximum atomic E-state index is 9.35. The van der Waals surface area contributed by atoms with Crippen LogP contribution in [0.2, 0.25) is 0 Å². The van der Waals surface area contributed by atoms with Crippen molar-refractivity contribution in [3.8, 4) is 0 Å². The van der Waals surface area contributed by atoms with Gasteiger partial charge >= 0.3 is 0 Å². The second-order valence-corrected chi connectivity index (χ2v) is 6.46. The molecule has 2 atom stereocenters. The zero-order chi connectivity index (χ0) is 14.3. The highest BCUT2D eigenvalue weighted by Crippen LogP contribution is 2.16. The Labute approximate surface area is 119 Å². The molecular formula is C15H33N3O. The van der Waals surface area contributed by atoms with E-state index in [0.29, 0.717) is 0 Å². The van der Waals surface area contributed by atoms with Gasteiger partial charge in [-0.25, -0.2) is 0 Å². The van der Waals surface area contributed by atoms with E-state index in [1.807, 2.05) is 7.05 Å². The molecule has 1 saturated heterocycles. The van der Waals surface area contributed by atoms with Gasteiger partial charge in [-0.1, -0.05) is 6.42 Å². The summed E-state index contributed by atoms with van der Waals surface area (Å²) in [7, 11) is 6.41. The van der Waals surface area contributed by atoms with Crippen LogP contribution in [0, 0.1) is 0 Å². The highest BCUT2D eigenvalue weighted by molar-refractivity contribution is 4.81. The molecule has 2 unspecified atom stereocenters. The number of nitrogens with zero attached hydrogens (tertiary/aromatic N) is 2. The van der Waals surface area contributed by atoms with E-state index in [1.54, 1.807) is 0 Å². The lowest BCUT2D eigenvalue weighted by Crippen LogP contribution is -2.45. The van der Waals surface area contributed by atoms with Crippen molar-refractivity contribution >= 4 is 0 Å². The summed E-state index contributed by atoms with van der Waals surface area (Å²) in [6.45, 7) is 5.94. The van der Waals surface area contributed by atoms with Gasteiger partial charge in [0.2, 0.25) is 0 Å². The monoisotopic (exact) mass is 271 g/mol. The maximum Gasteiger partial charge on any atom is 0.0610 e. The average molecular weight is 271 g/mol. The zero-order valence-corrected chi connectivity index (χ0v) is 13.3. The molecule has 0 radical (unpaired) electrons. The minimum atomic E-state index is -0.108. The molecule has 1 heterocycles. The molecule has 1 rings (SSSR count). The fourth-order valence-electron chi connectivity index (χ4n) is 2.84. The Hall–Kier alpha value is -0.160. The summed E-state index contributed by atoms with van der Waals surface area (Å²) in [4.78, 5) is 4.96. The number of hydrogen-bond acceptors (Lipinski definition) is 4. The number of likely N-dealkylation sites (tertiary alicyclic amines) is 1. The van der Waals surface area contributed by atoms with Gasteiger partial charge in [-0.15, -0.1) is 0 Å². The minimum absolute atomic E-state index is 0.108. The molecule has 1 aliphatic rings. The van der Waals surface area contributed by atoms with Gasteiger partial charge in [0.1, 0.15) is 0 Å². The lowest BCUT2D eigenvalue weighted by molar-refractivity contribution is 0.129. The Morgan fingerprint density at radius 2 is 2.16 bits per heavy atom. The summed E-state index contributed by atoms with van der Waals surface area (Å²) < 4.78 is 0. The van der Waals surface area contributed by atoms with Crippen LogP contribution in [0.15, 0.2) is 0 Å². The highest BCUT2D eigenvalue weighted by Gasteiger charge is 2.22. The van der Waals surface area contributed by atoms with Gasteiger partial charge in [0.25, 0.3) is 0 Å². The molecule has 114 valence electrons. The summed E-state index contributed by atoms with van der Waals surface area (Å²) in [5.41, 5.74) is -0.108. The highest BCUT2D eigenvalue weighted by atomic mass is 16.3. The van der Waals surface area contributed by atoms with Gasteiger partial charge in [-0.05, 0) is 66.8 Å². The number of nitrogens with one attached hydrogen (secondary N) is 1. The molecule has 1 aliphatic heterocycles. The van der Waals surface area contributed by atoms with E-state index in [2.05, 4.69) is 36.1 Å². The molecule has 0 saturated carbocycles. The molecule has 0 aromatic carbocycles. The number of piperidine rings is 1. The molecule has 2 N–H and O–H groups in total. The Bertz CT molecular complexity index is 244. The number of unbranched alkanes of at least 4 members (excludes halogenated alkanes) is 1. The molecule has 0 spiro atoms. The van der Waals surface area contributed by atoms with Gasteiger partial charge in [0.05, 0.1) is 6.61 Å². The SMILES string of the molecule is CNC(C)(CO)CCCCN(C)C1CCCN(C)C1. The third-order valence-electron chi connectivity index (χ3n) is 4.66. The predicted molar refractivity (Wildman–Crippen MR) is 81.6 cm³/mol. The van der Waals surface area contributed by atoms with Gasteiger partial charge in [0, 0.05) is 18.1 Å². The van der Waals surface area contributed by atoms with Crippen molar-refractivity contribution < 1.29 is 5.11 Å². The van der Waals surface area contributed by atoms with E-state index in [0.717, 1.165) is 12.5 Å². The first-order valence-electron chi connectivity index (χ1n) is 7.69. The van der Waals surface area contributed by atoms with Crippen molar-refractivity contribution in [2.75, 3.05) is 47.4 Å². The molecule has 4 nitrogen and oxygen atoms in total. The summed E-state index contributed by atoms with van der Waals surface area (Å²) in [6, 6.07) is 0.729. The molecule has 0 aromatic heterocycles. The fourth-order valence-corrected chi connectivity index (χ4v) is 2.84. The molecule has 1 fully saturated rings. The number of aliphatic hydroxyl groups excluding tert-OH is 1. The minimum Gasteiger partial charge on any atom is -0.394 e. The van der Waals surface area contributed by atoms with E-state index in [1.165, 1.54) is 45.3 Å². The lowest BCUT2D eigenvalue weighted by atomic mass is 9.96. The summed E-state index contributed by atoms with van der Waals surface area (Å²) >= 11 is 0. The van der Waals surface area contributed by atoms with Crippen LogP contribution in [0.3, 0.4) is 0 Å². The van der Waals surface area contributed by atoms with Crippen LogP contribution in [0.4, 0.5) is 0 Å². The van der Waals surface area contributed by atoms with E-state index in [9.17, 15) is 5.11 Å². The summed E-state index contributed by atoms with van der Waals surface area (Å²) in [5, 5.41) is 12.6. The van der Waals surface area contributed by atoms with Crippen molar-refractivity contribution in [1.29, 1.82) is 0 Å². The average Bonchev–Trinajstić information content (AvgIpc) is 2.43. The van der Waals surface area contributed by atoms with Gasteiger partial charge < -0.3 is 20.2 Å². The van der Waals surface area contributed by atoms with E-state index >= 15 is 0 Å². The summed E-state index contributed by atoms with van der Waals surface area (Å²) in [6.07, 6.45) is 6.09. The van der Waals surface area contributed by atoms with Crippen LogP contribution >= 0.6 is 0 Å². The number of rotatable bonds is 8. The molecule has 4 heteroatoms. The second kappa shape index (κ2) is 8.20. The van der Waals surface area contributed by atoms with Crippen LogP contribution in [-0.2, 0) is 0 Å². The number of hydrogen-bond donors (Lipinski definition) is 2. The van der Waals surface area contributed by atoms with Crippen LogP contribution < -0.4 is 5.32 Å². The first-order chi connectivity index (χ1) is 9.00. The maximum absolute atomic E-state index is 9.35. The van der Waals surface area contributed by atoms with Crippen LogP contribution in [0.5, 0.6) is 0 Å². The second-order valence-electron chi connectivity index (χ2n) is 6.46. The normalized spacial score (nSPS) is 24.6. The molecular weight excluding hydrogens is 238 g/mol. The molecule has 0 aliphatic carbocycles. The lowest BCUT2D eigenvalue weighted by Gasteiger charge is -2.36. The van der Waals surface area contributed by atoms with E-state index < -0.39 is 0 Å². The third-order valence-corrected chi connectivity index (χ3v) is 4.66. The van der Waals surface area contributed by atoms with Gasteiger partial charge in [-0.2, -0.15) is 0 Å². The van der Waals surface area contributed by atoms with E-state index in [4.69, 9.17) is 0 Å². The first kappa shape index (κ1) is 16.9. The van der Waals surface area contributed by atoms with Crippen LogP contribution in [-0.4, -0.2) is 73.9 Å². The Morgan fingerprint density at radius 1 is 1.42 bits per heavy atom. The van der Waals surface area contributed by atoms with E-state index in [-0.39, 0.29) is 12.1 Å². The standard InChI is InChI=1S/C15H33N3O/c1-15(13-19,16-2)9-5-6-11-18(4)14-8-7-10-17(3)12-14/h14,16,19H,5-13H2,1-4H3. The van der Waals surface area contributed by atoms with Crippen LogP contribution in [0.1, 0.15) is 39.0 Å². The van der Waals surface area contributed by atoms with Crippen molar-refractivity contribution in [3.05, 3.63) is 0 Å². The fraction of sp³-hybridized carbons (Fsp3) is 1.00. The van der Waals surface area contributed by atoms with Gasteiger partial charge in [0.15, 0.2) is 0 Å². The third kappa shape index (κ3) is 5.78. The van der Waals surface area contributed by atoms with Crippen molar-refractivity contribution in [2.45, 2.75) is 50.6 Å². The first-order valence-corrected chi connectivity index (χ1v) is 7.69. The summed E-state index contributed by atoms with van der Waals surface area (Å²) in [5.74, 6) is 0. The van der Waals surface area contributed by atoms with Crippen molar-refractivity contribution in [2.24, 2.45) is 0 Å². The molecule has 19 heavy (non-hydrogen) atoms. The van der Waals surface area contributed by atoms with Crippen LogP contribution in [0.25, 0.3) is 0 Å². The largest absolute Gasteiger partial charge is 0.394 e. The Balaban J connectivity index is 2.18. The van der Waals surface area contributed by atoms with Crippen molar-refractivity contribution in [1.82, 2.24) is 15.1 Å². The Morgan fingerprint density at radius 3 is 2.74 bits per heavy atom. The zero-order valence-electron chi connectivity index (χ0n) is 13.3. The molecule has 0 aromatic rings. The molecule has 0 bridgehead atoms. The smallest absolute Gasteiger partial charge is 0.0610 e. The van der Waals surface area contributed by atoms with Crippen molar-refractivity contribution in [3.63, 3.8) is 0 Å². The van der Waals surface area contributed by atoms with Gasteiger partial charge in [-0.3, -0.25) is 0 Å². The quantitative estimate of drug-likeness (QED) is 0.650. The molecule has 0 amide bonds. The Kier molecular flexibility index (Phi) is 7.29. The topological polar surface area (TPSA) is 38.7 Å². The number of likely N-dealkylation sites (N-methyl/N-ethyl adjacent to an activating group) is 3. The predicted octanol–water partition coefficient (Wildman–Crippen LogP) is 1.15. The number of aliphatic hydroxyl groups is 1.